The molecule has 2 aliphatic carbocycles. The highest BCUT2D eigenvalue weighted by molar-refractivity contribution is 5.85. The van der Waals surface area contributed by atoms with Gasteiger partial charge < -0.3 is 15.4 Å². The lowest BCUT2D eigenvalue weighted by Gasteiger charge is -2.44. The van der Waals surface area contributed by atoms with Crippen LogP contribution in [-0.4, -0.2) is 37.0 Å². The number of nitrogens with zero attached hydrogens (tertiary/aromatic N) is 1. The number of rotatable bonds is 5. The highest BCUT2D eigenvalue weighted by atomic mass is 35.5. The Morgan fingerprint density at radius 2 is 1.83 bits per heavy atom. The largest absolute Gasteiger partial charge is 0.492 e. The monoisotopic (exact) mass is 352 g/mol. The van der Waals surface area contributed by atoms with Crippen molar-refractivity contribution in [1.29, 1.82) is 0 Å². The van der Waals surface area contributed by atoms with E-state index in [9.17, 15) is 4.79 Å². The zero-order valence-corrected chi connectivity index (χ0v) is 15.2. The summed E-state index contributed by atoms with van der Waals surface area (Å²) in [6.07, 6.45) is 5.62. The molecule has 2 fully saturated rings. The normalized spacial score (nSPS) is 28.6. The van der Waals surface area contributed by atoms with Crippen molar-refractivity contribution in [2.45, 2.75) is 38.1 Å². The van der Waals surface area contributed by atoms with Crippen LogP contribution in [0.3, 0.4) is 0 Å². The van der Waals surface area contributed by atoms with Crippen molar-refractivity contribution in [3.63, 3.8) is 0 Å². The Balaban J connectivity index is 0.00000208. The quantitative estimate of drug-likeness (QED) is 0.885. The van der Waals surface area contributed by atoms with Crippen LogP contribution in [0.25, 0.3) is 0 Å². The van der Waals surface area contributed by atoms with E-state index in [-0.39, 0.29) is 24.2 Å². The van der Waals surface area contributed by atoms with Gasteiger partial charge in [0.2, 0.25) is 5.91 Å². The van der Waals surface area contributed by atoms with Gasteiger partial charge in [-0.1, -0.05) is 24.6 Å². The first-order valence-electron chi connectivity index (χ1n) is 8.83. The summed E-state index contributed by atoms with van der Waals surface area (Å²) in [5.74, 6) is 2.37. The number of hydrogen-bond acceptors (Lipinski definition) is 3. The molecule has 2 atom stereocenters. The van der Waals surface area contributed by atoms with Crippen LogP contribution in [-0.2, 0) is 4.79 Å². The van der Waals surface area contributed by atoms with Crippen molar-refractivity contribution in [3.8, 4) is 5.75 Å². The lowest BCUT2D eigenvalue weighted by Crippen LogP contribution is -2.49. The van der Waals surface area contributed by atoms with Crippen molar-refractivity contribution in [3.05, 3.63) is 30.3 Å². The minimum Gasteiger partial charge on any atom is -0.492 e. The average Bonchev–Trinajstić information content (AvgIpc) is 2.55. The maximum Gasteiger partial charge on any atom is 0.225 e. The molecule has 0 heterocycles. The molecule has 4 nitrogen and oxygen atoms in total. The van der Waals surface area contributed by atoms with Crippen LogP contribution >= 0.6 is 12.4 Å². The Morgan fingerprint density at radius 1 is 1.21 bits per heavy atom. The van der Waals surface area contributed by atoms with E-state index in [1.807, 2.05) is 42.3 Å². The molecule has 0 aromatic heterocycles. The predicted molar refractivity (Wildman–Crippen MR) is 98.4 cm³/mol. The molecule has 1 aromatic rings. The summed E-state index contributed by atoms with van der Waals surface area (Å²) < 4.78 is 5.69. The summed E-state index contributed by atoms with van der Waals surface area (Å²) in [6, 6.07) is 10.1. The molecule has 2 N–H and O–H groups in total. The Hall–Kier alpha value is -1.26. The molecule has 2 unspecified atom stereocenters. The molecular formula is C19H29ClN2O2. The topological polar surface area (TPSA) is 55.6 Å². The number of fused-ring (bicyclic) bond motifs is 2. The lowest BCUT2D eigenvalue weighted by molar-refractivity contribution is -0.137. The van der Waals surface area contributed by atoms with E-state index in [0.717, 1.165) is 18.6 Å². The number of para-hydroxylation sites is 1. The second-order valence-electron chi connectivity index (χ2n) is 7.12. The third kappa shape index (κ3) is 4.42. The SMILES string of the molecule is CN(CCOc1ccccc1)C(=O)C1CC2CCCC(C1)C2N.Cl. The molecule has 0 radical (unpaired) electrons. The van der Waals surface area contributed by atoms with Crippen molar-refractivity contribution in [2.24, 2.45) is 23.5 Å². The number of amides is 1. The number of halogens is 1. The van der Waals surface area contributed by atoms with Gasteiger partial charge in [-0.3, -0.25) is 4.79 Å². The highest BCUT2D eigenvalue weighted by Gasteiger charge is 2.41. The molecule has 2 saturated carbocycles. The van der Waals surface area contributed by atoms with Crippen LogP contribution in [0.1, 0.15) is 32.1 Å². The molecule has 2 bridgehead atoms. The predicted octanol–water partition coefficient (Wildman–Crippen LogP) is 3.10. The van der Waals surface area contributed by atoms with Crippen molar-refractivity contribution in [1.82, 2.24) is 4.90 Å². The van der Waals surface area contributed by atoms with E-state index >= 15 is 0 Å². The molecule has 24 heavy (non-hydrogen) atoms. The second kappa shape index (κ2) is 8.72. The van der Waals surface area contributed by atoms with Gasteiger partial charge in [-0.05, 0) is 49.7 Å². The third-order valence-corrected chi connectivity index (χ3v) is 5.58. The van der Waals surface area contributed by atoms with Crippen LogP contribution in [0.5, 0.6) is 5.75 Å². The summed E-state index contributed by atoms with van der Waals surface area (Å²) >= 11 is 0. The number of carbonyl (C=O) groups is 1. The minimum absolute atomic E-state index is 0. The van der Waals surface area contributed by atoms with Crippen molar-refractivity contribution in [2.75, 3.05) is 20.2 Å². The van der Waals surface area contributed by atoms with Gasteiger partial charge in [0, 0.05) is 19.0 Å². The molecule has 134 valence electrons. The average molecular weight is 353 g/mol. The summed E-state index contributed by atoms with van der Waals surface area (Å²) in [5.41, 5.74) is 6.32. The van der Waals surface area contributed by atoms with Gasteiger partial charge in [0.1, 0.15) is 12.4 Å². The fourth-order valence-corrected chi connectivity index (χ4v) is 4.23. The van der Waals surface area contributed by atoms with Crippen molar-refractivity contribution < 1.29 is 9.53 Å². The zero-order chi connectivity index (χ0) is 16.2. The molecule has 1 amide bonds. The van der Waals surface area contributed by atoms with Crippen LogP contribution < -0.4 is 10.5 Å². The molecule has 1 aromatic carbocycles. The first-order chi connectivity index (χ1) is 11.1. The Kier molecular flexibility index (Phi) is 6.93. The summed E-state index contributed by atoms with van der Waals surface area (Å²) in [7, 11) is 1.89. The third-order valence-electron chi connectivity index (χ3n) is 5.58. The fourth-order valence-electron chi connectivity index (χ4n) is 4.23. The van der Waals surface area contributed by atoms with Crippen LogP contribution in [0.15, 0.2) is 30.3 Å². The fraction of sp³-hybridized carbons (Fsp3) is 0.632. The maximum absolute atomic E-state index is 12.7. The summed E-state index contributed by atoms with van der Waals surface area (Å²) in [5, 5.41) is 0. The van der Waals surface area contributed by atoms with E-state index in [1.165, 1.54) is 19.3 Å². The first-order valence-corrected chi connectivity index (χ1v) is 8.83. The van der Waals surface area contributed by atoms with E-state index in [0.29, 0.717) is 31.0 Å². The molecule has 2 aliphatic rings. The summed E-state index contributed by atoms with van der Waals surface area (Å²) in [4.78, 5) is 14.5. The number of likely N-dealkylation sites (N-methyl/N-ethyl adjacent to an activating group) is 1. The van der Waals surface area contributed by atoms with Crippen LogP contribution in [0, 0.1) is 17.8 Å². The summed E-state index contributed by atoms with van der Waals surface area (Å²) in [6.45, 7) is 1.16. The van der Waals surface area contributed by atoms with Gasteiger partial charge in [-0.25, -0.2) is 0 Å². The number of benzene rings is 1. The van der Waals surface area contributed by atoms with Gasteiger partial charge >= 0.3 is 0 Å². The van der Waals surface area contributed by atoms with E-state index in [1.54, 1.807) is 0 Å². The zero-order valence-electron chi connectivity index (χ0n) is 14.4. The molecule has 0 spiro atoms. The lowest BCUT2D eigenvalue weighted by atomic mass is 9.65. The number of nitrogens with two attached hydrogens (primary N) is 1. The van der Waals surface area contributed by atoms with E-state index in [2.05, 4.69) is 0 Å². The molecule has 3 rings (SSSR count). The molecule has 5 heteroatoms. The first kappa shape index (κ1) is 19.1. The smallest absolute Gasteiger partial charge is 0.225 e. The van der Waals surface area contributed by atoms with Gasteiger partial charge in [0.25, 0.3) is 0 Å². The van der Waals surface area contributed by atoms with Gasteiger partial charge in [-0.15, -0.1) is 12.4 Å². The van der Waals surface area contributed by atoms with Crippen molar-refractivity contribution >= 4 is 18.3 Å². The van der Waals surface area contributed by atoms with Crippen LogP contribution in [0.2, 0.25) is 0 Å². The van der Waals surface area contributed by atoms with Crippen LogP contribution in [0.4, 0.5) is 0 Å². The minimum atomic E-state index is 0. The Bertz CT molecular complexity index is 511. The number of hydrogen-bond donors (Lipinski definition) is 1. The van der Waals surface area contributed by atoms with Gasteiger partial charge in [-0.2, -0.15) is 0 Å². The standard InChI is InChI=1S/C19H28N2O2.ClH/c1-21(10-11-23-17-8-3-2-4-9-17)19(22)16-12-14-6-5-7-15(13-16)18(14)20;/h2-4,8-9,14-16,18H,5-7,10-13,20H2,1H3;1H. The molecule has 0 saturated heterocycles. The maximum atomic E-state index is 12.7. The van der Waals surface area contributed by atoms with Gasteiger partial charge in [0.15, 0.2) is 0 Å². The second-order valence-corrected chi connectivity index (χ2v) is 7.12. The van der Waals surface area contributed by atoms with E-state index < -0.39 is 0 Å². The van der Waals surface area contributed by atoms with E-state index in [4.69, 9.17) is 10.5 Å². The van der Waals surface area contributed by atoms with Gasteiger partial charge in [0.05, 0.1) is 6.54 Å². The highest BCUT2D eigenvalue weighted by Crippen LogP contribution is 2.42. The number of carbonyl (C=O) groups excluding carboxylic acids is 1. The Morgan fingerprint density at radius 3 is 2.46 bits per heavy atom. The number of ether oxygens (including phenoxy) is 1. The molecule has 0 aliphatic heterocycles. The molecular weight excluding hydrogens is 324 g/mol. The Labute approximate surface area is 151 Å².